The molecule has 0 aliphatic carbocycles. The molecule has 1 N–H and O–H groups in total. The molecule has 190 valence electrons. The van der Waals surface area contributed by atoms with E-state index in [-0.39, 0.29) is 35.1 Å². The summed E-state index contributed by atoms with van der Waals surface area (Å²) in [5.41, 5.74) is 4.63. The Morgan fingerprint density at radius 1 is 1.08 bits per heavy atom. The third kappa shape index (κ3) is 6.46. The summed E-state index contributed by atoms with van der Waals surface area (Å²) in [5.74, 6) is -0.0215. The maximum Gasteiger partial charge on any atom is 0.283 e. The number of amidine groups is 1. The van der Waals surface area contributed by atoms with Crippen molar-refractivity contribution in [3.05, 3.63) is 100 Å². The van der Waals surface area contributed by atoms with Crippen LogP contribution in [-0.2, 0) is 9.59 Å². The van der Waals surface area contributed by atoms with Gasteiger partial charge in [0.2, 0.25) is 5.91 Å². The standard InChI is InChI=1S/C29H28FN3O3S/c1-18-13-19(2)15-24(14-18)33-28(35)26(16-21-5-11-25(36-4)12-6-21)32-29(33)37-17-27(34)31-20(3)22-7-9-23(30)10-8-22/h5-16,20H,17H2,1-4H3,(H,31,34)/b26-16-. The van der Waals surface area contributed by atoms with Crippen LogP contribution in [0.25, 0.3) is 6.08 Å². The molecule has 0 radical (unpaired) electrons. The lowest BCUT2D eigenvalue weighted by atomic mass is 10.1. The molecule has 1 heterocycles. The van der Waals surface area contributed by atoms with E-state index < -0.39 is 0 Å². The average molecular weight is 518 g/mol. The van der Waals surface area contributed by atoms with Crippen LogP contribution in [0.1, 0.15) is 35.2 Å². The van der Waals surface area contributed by atoms with E-state index in [0.717, 1.165) is 28.0 Å². The number of hydrogen-bond acceptors (Lipinski definition) is 5. The van der Waals surface area contributed by atoms with Crippen LogP contribution in [0.15, 0.2) is 77.4 Å². The molecule has 0 bridgehead atoms. The summed E-state index contributed by atoms with van der Waals surface area (Å²) in [6, 6.07) is 19.0. The number of anilines is 1. The molecule has 0 fully saturated rings. The molecular weight excluding hydrogens is 489 g/mol. The van der Waals surface area contributed by atoms with Gasteiger partial charge in [0.1, 0.15) is 17.3 Å². The zero-order chi connectivity index (χ0) is 26.5. The summed E-state index contributed by atoms with van der Waals surface area (Å²) >= 11 is 1.19. The van der Waals surface area contributed by atoms with E-state index in [9.17, 15) is 14.0 Å². The first-order chi connectivity index (χ1) is 17.7. The molecule has 1 aliphatic heterocycles. The Labute approximate surface area is 220 Å². The molecule has 0 saturated carbocycles. The van der Waals surface area contributed by atoms with Crippen LogP contribution in [0.3, 0.4) is 0 Å². The number of thioether (sulfide) groups is 1. The quantitative estimate of drug-likeness (QED) is 0.402. The maximum atomic E-state index is 13.5. The lowest BCUT2D eigenvalue weighted by Crippen LogP contribution is -2.33. The van der Waals surface area contributed by atoms with Crippen LogP contribution < -0.4 is 15.0 Å². The fraction of sp³-hybridized carbons (Fsp3) is 0.207. The number of ether oxygens (including phenoxy) is 1. The second kappa shape index (κ2) is 11.4. The molecule has 3 aromatic rings. The predicted molar refractivity (Wildman–Crippen MR) is 147 cm³/mol. The minimum atomic E-state index is -0.327. The van der Waals surface area contributed by atoms with Crippen molar-refractivity contribution in [1.29, 1.82) is 0 Å². The zero-order valence-electron chi connectivity index (χ0n) is 21.1. The number of aryl methyl sites for hydroxylation is 2. The molecule has 2 amide bonds. The first-order valence-electron chi connectivity index (χ1n) is 11.8. The van der Waals surface area contributed by atoms with Crippen LogP contribution >= 0.6 is 11.8 Å². The van der Waals surface area contributed by atoms with E-state index in [4.69, 9.17) is 4.74 Å². The molecule has 1 aliphatic rings. The van der Waals surface area contributed by atoms with Gasteiger partial charge in [-0.15, -0.1) is 0 Å². The van der Waals surface area contributed by atoms with E-state index in [0.29, 0.717) is 10.9 Å². The number of halogens is 1. The minimum absolute atomic E-state index is 0.0642. The SMILES string of the molecule is COc1ccc(/C=C2\N=C(SCC(=O)NC(C)c3ccc(F)cc3)N(c3cc(C)cc(C)c3)C2=O)cc1. The number of carbonyl (C=O) groups is 2. The van der Waals surface area contributed by atoms with Crippen LogP contribution in [0.5, 0.6) is 5.75 Å². The van der Waals surface area contributed by atoms with Gasteiger partial charge in [-0.1, -0.05) is 42.1 Å². The fourth-order valence-corrected chi connectivity index (χ4v) is 4.83. The van der Waals surface area contributed by atoms with Crippen molar-refractivity contribution in [3.8, 4) is 5.75 Å². The number of benzene rings is 3. The van der Waals surface area contributed by atoms with Crippen LogP contribution in [0.2, 0.25) is 0 Å². The topological polar surface area (TPSA) is 71.0 Å². The van der Waals surface area contributed by atoms with Crippen molar-refractivity contribution >= 4 is 40.5 Å². The van der Waals surface area contributed by atoms with E-state index in [2.05, 4.69) is 10.3 Å². The highest BCUT2D eigenvalue weighted by Crippen LogP contribution is 2.31. The van der Waals surface area contributed by atoms with E-state index in [1.807, 2.05) is 63.2 Å². The predicted octanol–water partition coefficient (Wildman–Crippen LogP) is 5.81. The van der Waals surface area contributed by atoms with Crippen LogP contribution in [0, 0.1) is 19.7 Å². The Bertz CT molecular complexity index is 1350. The number of aliphatic imine (C=N–C) groups is 1. The van der Waals surface area contributed by atoms with E-state index in [1.54, 1.807) is 30.2 Å². The first-order valence-corrected chi connectivity index (χ1v) is 12.8. The Hall–Kier alpha value is -3.91. The van der Waals surface area contributed by atoms with Gasteiger partial charge < -0.3 is 10.1 Å². The summed E-state index contributed by atoms with van der Waals surface area (Å²) < 4.78 is 18.4. The highest BCUT2D eigenvalue weighted by Gasteiger charge is 2.32. The van der Waals surface area contributed by atoms with Crippen molar-refractivity contribution in [1.82, 2.24) is 5.32 Å². The summed E-state index contributed by atoms with van der Waals surface area (Å²) in [5, 5.41) is 3.35. The zero-order valence-corrected chi connectivity index (χ0v) is 21.9. The molecule has 8 heteroatoms. The maximum absolute atomic E-state index is 13.5. The third-order valence-corrected chi connectivity index (χ3v) is 6.73. The number of amides is 2. The molecule has 1 atom stereocenters. The van der Waals surface area contributed by atoms with Gasteiger partial charge in [0.15, 0.2) is 5.17 Å². The lowest BCUT2D eigenvalue weighted by Gasteiger charge is -2.19. The molecule has 6 nitrogen and oxygen atoms in total. The number of hydrogen-bond donors (Lipinski definition) is 1. The number of nitrogens with one attached hydrogen (secondary N) is 1. The van der Waals surface area contributed by atoms with Crippen LogP contribution in [-0.4, -0.2) is 29.8 Å². The Morgan fingerprint density at radius 3 is 2.35 bits per heavy atom. The van der Waals surface area contributed by atoms with E-state index in [1.165, 1.54) is 23.9 Å². The van der Waals surface area contributed by atoms with Gasteiger partial charge in [-0.25, -0.2) is 9.38 Å². The second-order valence-corrected chi connectivity index (χ2v) is 9.76. The average Bonchev–Trinajstić information content (AvgIpc) is 3.17. The summed E-state index contributed by atoms with van der Waals surface area (Å²) in [7, 11) is 1.60. The van der Waals surface area contributed by atoms with Crippen molar-refractivity contribution in [3.63, 3.8) is 0 Å². The molecule has 0 aromatic heterocycles. The van der Waals surface area contributed by atoms with Crippen molar-refractivity contribution in [2.75, 3.05) is 17.8 Å². The molecule has 3 aromatic carbocycles. The molecule has 4 rings (SSSR count). The Kier molecular flexibility index (Phi) is 8.08. The summed E-state index contributed by atoms with van der Waals surface area (Å²) in [6.07, 6.45) is 1.72. The number of nitrogens with zero attached hydrogens (tertiary/aromatic N) is 2. The third-order valence-electron chi connectivity index (χ3n) is 5.79. The number of methoxy groups -OCH3 is 1. The van der Waals surface area contributed by atoms with Gasteiger partial charge in [-0.2, -0.15) is 0 Å². The molecular formula is C29H28FN3O3S. The smallest absolute Gasteiger partial charge is 0.283 e. The van der Waals surface area contributed by atoms with E-state index >= 15 is 0 Å². The fourth-order valence-electron chi connectivity index (χ4n) is 4.01. The number of rotatable bonds is 7. The van der Waals surface area contributed by atoms with Crippen molar-refractivity contribution < 1.29 is 18.7 Å². The normalized spacial score (nSPS) is 15.1. The highest BCUT2D eigenvalue weighted by molar-refractivity contribution is 8.14. The van der Waals surface area contributed by atoms with Gasteiger partial charge in [-0.3, -0.25) is 14.5 Å². The summed E-state index contributed by atoms with van der Waals surface area (Å²) in [6.45, 7) is 5.78. The Morgan fingerprint density at radius 2 is 1.73 bits per heavy atom. The van der Waals surface area contributed by atoms with Gasteiger partial charge in [0, 0.05) is 0 Å². The second-order valence-electron chi connectivity index (χ2n) is 8.81. The monoisotopic (exact) mass is 517 g/mol. The Balaban J connectivity index is 1.55. The highest BCUT2D eigenvalue weighted by atomic mass is 32.2. The van der Waals surface area contributed by atoms with Crippen molar-refractivity contribution in [2.45, 2.75) is 26.8 Å². The van der Waals surface area contributed by atoms with Gasteiger partial charge in [0.05, 0.1) is 24.6 Å². The van der Waals surface area contributed by atoms with Crippen molar-refractivity contribution in [2.24, 2.45) is 4.99 Å². The largest absolute Gasteiger partial charge is 0.497 e. The molecule has 0 spiro atoms. The van der Waals surface area contributed by atoms with Gasteiger partial charge in [-0.05, 0) is 85.5 Å². The number of carbonyl (C=O) groups excluding carboxylic acids is 2. The molecule has 1 unspecified atom stereocenters. The van der Waals surface area contributed by atoms with Gasteiger partial charge in [0.25, 0.3) is 5.91 Å². The minimum Gasteiger partial charge on any atom is -0.497 e. The van der Waals surface area contributed by atoms with Gasteiger partial charge >= 0.3 is 0 Å². The first kappa shape index (κ1) is 26.2. The van der Waals surface area contributed by atoms with Crippen LogP contribution in [0.4, 0.5) is 10.1 Å². The molecule has 37 heavy (non-hydrogen) atoms. The summed E-state index contributed by atoms with van der Waals surface area (Å²) in [4.78, 5) is 32.4. The lowest BCUT2D eigenvalue weighted by molar-refractivity contribution is -0.119. The molecule has 0 saturated heterocycles.